The van der Waals surface area contributed by atoms with Gasteiger partial charge in [-0.25, -0.2) is 4.39 Å². The van der Waals surface area contributed by atoms with Gasteiger partial charge in [0.25, 0.3) is 5.91 Å². The number of amides is 4. The van der Waals surface area contributed by atoms with Crippen LogP contribution in [0.1, 0.15) is 55.5 Å². The third kappa shape index (κ3) is 11.9. The van der Waals surface area contributed by atoms with Gasteiger partial charge in [0.05, 0.1) is 18.2 Å². The van der Waals surface area contributed by atoms with Crippen molar-refractivity contribution >= 4 is 35.2 Å². The van der Waals surface area contributed by atoms with Gasteiger partial charge in [0.15, 0.2) is 17.3 Å². The van der Waals surface area contributed by atoms with Gasteiger partial charge < -0.3 is 35.1 Å². The summed E-state index contributed by atoms with van der Waals surface area (Å²) >= 11 is 6.08. The molecule has 290 valence electrons. The minimum absolute atomic E-state index is 0.0866. The zero-order valence-electron chi connectivity index (χ0n) is 30.9. The maximum absolute atomic E-state index is 14.9. The molecule has 3 N–H and O–H groups in total. The Hall–Kier alpha value is -5.62. The lowest BCUT2D eigenvalue weighted by Crippen LogP contribution is -2.52. The predicted molar refractivity (Wildman–Crippen MR) is 207 cm³/mol. The standard InChI is InChI=1S/C42H46ClFN4O7/c1-3-4-22-48-23-24-53-36-18-9-8-16-32(36)40(50)47-34(20-21-38(49)46-35(42(48)52)25-29-12-6-5-7-13-29)41(51)45-28(2)27-54-39-33(44)17-11-19-37(39)55-31-15-10-14-30(43)26-31/h5-19,26,28,34-35H,3-4,20-25,27H2,1-2H3,(H,45,51)(H,46,49)(H,47,50)/t28-,34+,35+/m1/s1. The molecule has 0 aliphatic carbocycles. The lowest BCUT2D eigenvalue weighted by molar-refractivity contribution is -0.137. The van der Waals surface area contributed by atoms with E-state index in [9.17, 15) is 23.6 Å². The summed E-state index contributed by atoms with van der Waals surface area (Å²) in [5.41, 5.74) is 1.06. The van der Waals surface area contributed by atoms with E-state index in [1.807, 2.05) is 37.3 Å². The van der Waals surface area contributed by atoms with E-state index >= 15 is 0 Å². The first kappa shape index (κ1) is 40.6. The third-order valence-corrected chi connectivity index (χ3v) is 9.10. The van der Waals surface area contributed by atoms with Crippen molar-refractivity contribution in [3.63, 3.8) is 0 Å². The SMILES string of the molecule is CCCCN1CCOc2ccccc2C(=O)N[C@H](C(=O)N[C@H](C)COc2c(F)cccc2Oc2cccc(Cl)c2)CCC(=O)N[C@@H](Cc2ccccc2)C1=O. The molecule has 5 rings (SSSR count). The molecule has 4 aromatic rings. The van der Waals surface area contributed by atoms with Crippen molar-refractivity contribution in [3.05, 3.63) is 119 Å². The fourth-order valence-corrected chi connectivity index (χ4v) is 6.18. The molecule has 1 heterocycles. The first-order valence-corrected chi connectivity index (χ1v) is 18.8. The average molecular weight is 773 g/mol. The zero-order chi connectivity index (χ0) is 39.2. The van der Waals surface area contributed by atoms with Crippen molar-refractivity contribution < 1.29 is 37.8 Å². The van der Waals surface area contributed by atoms with Crippen LogP contribution in [0.15, 0.2) is 97.1 Å². The van der Waals surface area contributed by atoms with Gasteiger partial charge in [0, 0.05) is 24.4 Å². The van der Waals surface area contributed by atoms with E-state index in [0.29, 0.717) is 17.3 Å². The topological polar surface area (TPSA) is 135 Å². The molecule has 11 nitrogen and oxygen atoms in total. The third-order valence-electron chi connectivity index (χ3n) is 8.86. The van der Waals surface area contributed by atoms with Gasteiger partial charge >= 0.3 is 0 Å². The number of carbonyl (C=O) groups excluding carboxylic acids is 4. The molecule has 0 radical (unpaired) electrons. The molecule has 3 atom stereocenters. The summed E-state index contributed by atoms with van der Waals surface area (Å²) in [5.74, 6) is -1.92. The van der Waals surface area contributed by atoms with Gasteiger partial charge in [-0.15, -0.1) is 0 Å². The second-order valence-corrected chi connectivity index (χ2v) is 13.7. The predicted octanol–water partition coefficient (Wildman–Crippen LogP) is 6.48. The smallest absolute Gasteiger partial charge is 0.255 e. The van der Waals surface area contributed by atoms with Crippen molar-refractivity contribution in [2.75, 3.05) is 26.3 Å². The second kappa shape index (κ2) is 20.2. The molecule has 4 aromatic carbocycles. The number of fused-ring (bicyclic) bond motifs is 1. The van der Waals surface area contributed by atoms with Crippen LogP contribution >= 0.6 is 11.6 Å². The Morgan fingerprint density at radius 1 is 1.00 bits per heavy atom. The van der Waals surface area contributed by atoms with Gasteiger partial charge in [0.2, 0.25) is 17.7 Å². The highest BCUT2D eigenvalue weighted by atomic mass is 35.5. The van der Waals surface area contributed by atoms with E-state index in [2.05, 4.69) is 16.0 Å². The van der Waals surface area contributed by atoms with E-state index in [-0.39, 0.29) is 67.7 Å². The van der Waals surface area contributed by atoms with Crippen LogP contribution in [0.3, 0.4) is 0 Å². The van der Waals surface area contributed by atoms with Crippen molar-refractivity contribution in [2.24, 2.45) is 0 Å². The van der Waals surface area contributed by atoms with Crippen LogP contribution in [0.2, 0.25) is 5.02 Å². The zero-order valence-corrected chi connectivity index (χ0v) is 31.7. The Balaban J connectivity index is 1.33. The number of hydrogen-bond donors (Lipinski definition) is 3. The first-order chi connectivity index (χ1) is 26.6. The monoisotopic (exact) mass is 772 g/mol. The number of unbranched alkanes of at least 4 members (excludes halogenated alkanes) is 1. The van der Waals surface area contributed by atoms with Crippen LogP contribution in [0.4, 0.5) is 4.39 Å². The summed E-state index contributed by atoms with van der Waals surface area (Å²) in [5, 5.41) is 8.92. The normalized spacial score (nSPS) is 17.3. The lowest BCUT2D eigenvalue weighted by atomic mass is 10.0. The molecule has 4 amide bonds. The number of nitrogens with one attached hydrogen (secondary N) is 3. The molecular formula is C42H46ClFN4O7. The molecule has 0 saturated carbocycles. The summed E-state index contributed by atoms with van der Waals surface area (Å²) in [6, 6.07) is 24.2. The number of hydrogen-bond acceptors (Lipinski definition) is 7. The highest BCUT2D eigenvalue weighted by molar-refractivity contribution is 6.30. The van der Waals surface area contributed by atoms with Crippen LogP contribution in [0.5, 0.6) is 23.0 Å². The maximum atomic E-state index is 14.9. The molecule has 0 unspecified atom stereocenters. The van der Waals surface area contributed by atoms with Gasteiger partial charge in [-0.1, -0.05) is 79.5 Å². The van der Waals surface area contributed by atoms with Crippen molar-refractivity contribution in [3.8, 4) is 23.0 Å². The van der Waals surface area contributed by atoms with E-state index in [1.165, 1.54) is 12.1 Å². The quantitative estimate of drug-likeness (QED) is 0.150. The van der Waals surface area contributed by atoms with Crippen LogP contribution in [-0.2, 0) is 20.8 Å². The largest absolute Gasteiger partial charge is 0.491 e. The van der Waals surface area contributed by atoms with Gasteiger partial charge in [0.1, 0.15) is 36.8 Å². The van der Waals surface area contributed by atoms with Gasteiger partial charge in [-0.05, 0) is 67.8 Å². The second-order valence-electron chi connectivity index (χ2n) is 13.2. The van der Waals surface area contributed by atoms with Crippen LogP contribution < -0.4 is 30.2 Å². The minimum atomic E-state index is -1.17. The number of ether oxygens (including phenoxy) is 3. The molecule has 0 aromatic heterocycles. The van der Waals surface area contributed by atoms with Crippen molar-refractivity contribution in [2.45, 2.75) is 64.1 Å². The highest BCUT2D eigenvalue weighted by Crippen LogP contribution is 2.34. The molecule has 0 fully saturated rings. The molecule has 1 aliphatic rings. The summed E-state index contributed by atoms with van der Waals surface area (Å²) < 4.78 is 32.6. The van der Waals surface area contributed by atoms with E-state index in [1.54, 1.807) is 66.4 Å². The van der Waals surface area contributed by atoms with Gasteiger partial charge in [-0.3, -0.25) is 19.2 Å². The van der Waals surface area contributed by atoms with E-state index < -0.39 is 41.7 Å². The number of para-hydroxylation sites is 2. The highest BCUT2D eigenvalue weighted by Gasteiger charge is 2.30. The number of rotatable bonds is 12. The first-order valence-electron chi connectivity index (χ1n) is 18.4. The molecule has 0 bridgehead atoms. The lowest BCUT2D eigenvalue weighted by Gasteiger charge is -2.28. The summed E-state index contributed by atoms with van der Waals surface area (Å²) in [7, 11) is 0. The fourth-order valence-electron chi connectivity index (χ4n) is 6.00. The number of benzene rings is 4. The molecule has 0 spiro atoms. The van der Waals surface area contributed by atoms with E-state index in [0.717, 1.165) is 18.4 Å². The van der Waals surface area contributed by atoms with Crippen LogP contribution in [0, 0.1) is 5.82 Å². The number of halogens is 2. The van der Waals surface area contributed by atoms with E-state index in [4.69, 9.17) is 25.8 Å². The Kier molecular flexibility index (Phi) is 14.9. The Labute approximate surface area is 325 Å². The average Bonchev–Trinajstić information content (AvgIpc) is 3.17. The fraction of sp³-hybridized carbons (Fsp3) is 0.333. The van der Waals surface area contributed by atoms with Crippen molar-refractivity contribution in [1.29, 1.82) is 0 Å². The van der Waals surface area contributed by atoms with Crippen LogP contribution in [0.25, 0.3) is 0 Å². The Bertz CT molecular complexity index is 1930. The maximum Gasteiger partial charge on any atom is 0.255 e. The molecular weight excluding hydrogens is 727 g/mol. The van der Waals surface area contributed by atoms with Gasteiger partial charge in [-0.2, -0.15) is 0 Å². The minimum Gasteiger partial charge on any atom is -0.491 e. The molecule has 13 heteroatoms. The number of carbonyl (C=O) groups is 4. The molecule has 1 aliphatic heterocycles. The summed E-state index contributed by atoms with van der Waals surface area (Å²) in [6.07, 6.45) is 1.63. The Morgan fingerprint density at radius 2 is 1.76 bits per heavy atom. The summed E-state index contributed by atoms with van der Waals surface area (Å²) in [4.78, 5) is 56.7. The van der Waals surface area contributed by atoms with Crippen LogP contribution in [-0.4, -0.2) is 73.0 Å². The summed E-state index contributed by atoms with van der Waals surface area (Å²) in [6.45, 7) is 4.34. The number of nitrogens with zero attached hydrogens (tertiary/aromatic N) is 1. The van der Waals surface area contributed by atoms with Crippen molar-refractivity contribution in [1.82, 2.24) is 20.9 Å². The Morgan fingerprint density at radius 3 is 2.55 bits per heavy atom. The molecule has 55 heavy (non-hydrogen) atoms. The molecule has 0 saturated heterocycles.